The van der Waals surface area contributed by atoms with Gasteiger partial charge in [-0.15, -0.1) is 0 Å². The average Bonchev–Trinajstić information content (AvgIpc) is 2.21. The molecule has 1 aromatic carbocycles. The molecule has 0 radical (unpaired) electrons. The second-order valence-corrected chi connectivity index (χ2v) is 2.95. The third-order valence-electron chi connectivity index (χ3n) is 1.15. The topological polar surface area (TPSA) is 44.1 Å². The van der Waals surface area contributed by atoms with Crippen molar-refractivity contribution < 1.29 is 4.79 Å². The van der Waals surface area contributed by atoms with Gasteiger partial charge in [0, 0.05) is 21.0 Å². The molecule has 1 aromatic rings. The summed E-state index contributed by atoms with van der Waals surface area (Å²) < 4.78 is 0. The molecule has 0 aliphatic rings. The van der Waals surface area contributed by atoms with Crippen molar-refractivity contribution in [2.75, 3.05) is 14.1 Å². The molecule has 0 aliphatic heterocycles. The summed E-state index contributed by atoms with van der Waals surface area (Å²) in [5.41, 5.74) is 1.32. The lowest BCUT2D eigenvalue weighted by molar-refractivity contribution is -0.115. The van der Waals surface area contributed by atoms with E-state index in [0.717, 1.165) is 6.41 Å². The highest BCUT2D eigenvalue weighted by atomic mass is 16.1. The van der Waals surface area contributed by atoms with E-state index in [-0.39, 0.29) is 0 Å². The lowest BCUT2D eigenvalue weighted by atomic mass is 10.2. The molecule has 0 saturated carbocycles. The van der Waals surface area contributed by atoms with Crippen molar-refractivity contribution in [3.63, 3.8) is 0 Å². The van der Waals surface area contributed by atoms with Crippen LogP contribution in [0.4, 0.5) is 0 Å². The van der Waals surface area contributed by atoms with Crippen molar-refractivity contribution in [3.05, 3.63) is 35.9 Å². The van der Waals surface area contributed by atoms with Crippen LogP contribution in [0.1, 0.15) is 12.5 Å². The summed E-state index contributed by atoms with van der Waals surface area (Å²) in [6.07, 6.45) is 0.750. The van der Waals surface area contributed by atoms with E-state index >= 15 is 0 Å². The van der Waals surface area contributed by atoms with Gasteiger partial charge in [0.25, 0.3) is 0 Å². The smallest absolute Gasteiger partial charge is 0.209 e. The highest BCUT2D eigenvalue weighted by molar-refractivity contribution is 5.45. The van der Waals surface area contributed by atoms with Gasteiger partial charge >= 0.3 is 0 Å². The zero-order valence-corrected chi connectivity index (χ0v) is 9.77. The van der Waals surface area contributed by atoms with Crippen molar-refractivity contribution in [2.45, 2.75) is 13.8 Å². The number of carbonyl (C=O) groups excluding carboxylic acids is 1. The first-order valence-electron chi connectivity index (χ1n) is 4.52. The molecular weight excluding hydrogens is 188 g/mol. The number of hydrogen-bond acceptors (Lipinski definition) is 2. The third kappa shape index (κ3) is 18.9. The molecule has 0 unspecified atom stereocenters. The Morgan fingerprint density at radius 3 is 1.73 bits per heavy atom. The second kappa shape index (κ2) is 12.2. The molecule has 0 spiro atoms. The zero-order valence-electron chi connectivity index (χ0n) is 9.77. The van der Waals surface area contributed by atoms with Crippen LogP contribution in [-0.4, -0.2) is 25.4 Å². The van der Waals surface area contributed by atoms with E-state index in [1.165, 1.54) is 17.4 Å². The molecule has 0 saturated heterocycles. The second-order valence-electron chi connectivity index (χ2n) is 2.95. The van der Waals surface area contributed by atoms with Crippen molar-refractivity contribution in [1.82, 2.24) is 4.90 Å². The molecule has 1 rings (SSSR count). The van der Waals surface area contributed by atoms with E-state index in [1.807, 2.05) is 18.2 Å². The molecule has 0 N–H and O–H groups in total. The summed E-state index contributed by atoms with van der Waals surface area (Å²) in [7, 11) is 3.38. The van der Waals surface area contributed by atoms with Crippen LogP contribution in [0.2, 0.25) is 0 Å². The molecular formula is C12H18N2O. The lowest BCUT2D eigenvalue weighted by Gasteiger charge is -1.93. The normalized spacial score (nSPS) is 6.87. The fourth-order valence-corrected chi connectivity index (χ4v) is 0.534. The Morgan fingerprint density at radius 1 is 1.27 bits per heavy atom. The SMILES string of the molecule is CC#N.CN(C)C=O.Cc1ccccc1. The molecule has 3 heteroatoms. The van der Waals surface area contributed by atoms with Gasteiger partial charge < -0.3 is 4.90 Å². The monoisotopic (exact) mass is 206 g/mol. The summed E-state index contributed by atoms with van der Waals surface area (Å²) in [6, 6.07) is 12.0. The molecule has 1 amide bonds. The molecule has 0 heterocycles. The number of nitriles is 1. The van der Waals surface area contributed by atoms with Crippen LogP contribution >= 0.6 is 0 Å². The van der Waals surface area contributed by atoms with Crippen molar-refractivity contribution in [2.24, 2.45) is 0 Å². The van der Waals surface area contributed by atoms with Gasteiger partial charge in [0.2, 0.25) is 6.41 Å². The Hall–Kier alpha value is -1.82. The lowest BCUT2D eigenvalue weighted by Crippen LogP contribution is -2.06. The van der Waals surface area contributed by atoms with Crippen LogP contribution in [0.3, 0.4) is 0 Å². The van der Waals surface area contributed by atoms with E-state index in [4.69, 9.17) is 5.26 Å². The fourth-order valence-electron chi connectivity index (χ4n) is 0.534. The first kappa shape index (κ1) is 15.6. The number of amides is 1. The summed E-state index contributed by atoms with van der Waals surface area (Å²) >= 11 is 0. The standard InChI is InChI=1S/C7H8.C3H7NO.C2H3N/c1-7-5-3-2-4-6-7;1-4(2)3-5;1-2-3/h2-6H,1H3;3H,1-2H3;1H3. The van der Waals surface area contributed by atoms with Crippen molar-refractivity contribution >= 4 is 6.41 Å². The minimum atomic E-state index is 0.750. The van der Waals surface area contributed by atoms with E-state index in [2.05, 4.69) is 19.1 Å². The first-order valence-corrected chi connectivity index (χ1v) is 4.52. The highest BCUT2D eigenvalue weighted by Gasteiger charge is 1.72. The Kier molecular flexibility index (Phi) is 12.7. The maximum atomic E-state index is 9.43. The predicted octanol–water partition coefficient (Wildman–Crippen LogP) is 2.23. The van der Waals surface area contributed by atoms with Gasteiger partial charge in [0.05, 0.1) is 6.07 Å². The summed E-state index contributed by atoms with van der Waals surface area (Å²) in [4.78, 5) is 10.9. The Bertz CT molecular complexity index is 275. The molecule has 0 aromatic heterocycles. The highest BCUT2D eigenvalue weighted by Crippen LogP contribution is 1.92. The zero-order chi connectivity index (χ0) is 12.1. The quantitative estimate of drug-likeness (QED) is 0.661. The minimum absolute atomic E-state index is 0.750. The van der Waals surface area contributed by atoms with Crippen LogP contribution < -0.4 is 0 Å². The van der Waals surface area contributed by atoms with Gasteiger partial charge in [-0.3, -0.25) is 4.79 Å². The van der Waals surface area contributed by atoms with Crippen molar-refractivity contribution in [1.29, 1.82) is 5.26 Å². The van der Waals surface area contributed by atoms with Crippen LogP contribution in [0.25, 0.3) is 0 Å². The molecule has 0 aliphatic carbocycles. The van der Waals surface area contributed by atoms with Crippen LogP contribution in [0, 0.1) is 18.3 Å². The van der Waals surface area contributed by atoms with Gasteiger partial charge in [-0.05, 0) is 6.92 Å². The Morgan fingerprint density at radius 2 is 1.60 bits per heavy atom. The van der Waals surface area contributed by atoms with Gasteiger partial charge in [-0.1, -0.05) is 35.9 Å². The van der Waals surface area contributed by atoms with Crippen LogP contribution in [0.15, 0.2) is 30.3 Å². The number of benzene rings is 1. The minimum Gasteiger partial charge on any atom is -0.351 e. The van der Waals surface area contributed by atoms with Crippen molar-refractivity contribution in [3.8, 4) is 6.07 Å². The maximum absolute atomic E-state index is 9.43. The molecule has 0 bridgehead atoms. The summed E-state index contributed by atoms with van der Waals surface area (Å²) in [5.74, 6) is 0. The number of nitrogens with zero attached hydrogens (tertiary/aromatic N) is 2. The van der Waals surface area contributed by atoms with E-state index in [0.29, 0.717) is 0 Å². The Balaban J connectivity index is 0. The number of aryl methyl sites for hydroxylation is 1. The largest absolute Gasteiger partial charge is 0.351 e. The molecule has 82 valence electrons. The number of rotatable bonds is 1. The van der Waals surface area contributed by atoms with Crippen LogP contribution in [-0.2, 0) is 4.79 Å². The van der Waals surface area contributed by atoms with E-state index < -0.39 is 0 Å². The maximum Gasteiger partial charge on any atom is 0.209 e. The van der Waals surface area contributed by atoms with E-state index in [1.54, 1.807) is 20.2 Å². The molecule has 0 atom stereocenters. The molecule has 3 nitrogen and oxygen atoms in total. The fraction of sp³-hybridized carbons (Fsp3) is 0.333. The van der Waals surface area contributed by atoms with Gasteiger partial charge in [-0.2, -0.15) is 5.26 Å². The van der Waals surface area contributed by atoms with Gasteiger partial charge in [-0.25, -0.2) is 0 Å². The van der Waals surface area contributed by atoms with Gasteiger partial charge in [0.15, 0.2) is 0 Å². The van der Waals surface area contributed by atoms with Gasteiger partial charge in [0.1, 0.15) is 0 Å². The van der Waals surface area contributed by atoms with E-state index in [9.17, 15) is 4.79 Å². The summed E-state index contributed by atoms with van der Waals surface area (Å²) in [6.45, 7) is 3.51. The van der Waals surface area contributed by atoms with Crippen LogP contribution in [0.5, 0.6) is 0 Å². The Labute approximate surface area is 91.9 Å². The number of carbonyl (C=O) groups is 1. The first-order chi connectivity index (χ1) is 7.08. The third-order valence-corrected chi connectivity index (χ3v) is 1.15. The molecule has 0 fully saturated rings. The number of hydrogen-bond donors (Lipinski definition) is 0. The average molecular weight is 206 g/mol. The molecule has 15 heavy (non-hydrogen) atoms. The predicted molar refractivity (Wildman–Crippen MR) is 62.2 cm³/mol. The summed E-state index contributed by atoms with van der Waals surface area (Å²) in [5, 5.41) is 7.32.